The van der Waals surface area contributed by atoms with Gasteiger partial charge in [-0.05, 0) is 24.3 Å². The van der Waals surface area contributed by atoms with Crippen molar-refractivity contribution in [2.45, 2.75) is 13.0 Å². The third-order valence-corrected chi connectivity index (χ3v) is 4.68. The molecule has 0 aliphatic rings. The first kappa shape index (κ1) is 15.5. The van der Waals surface area contributed by atoms with Gasteiger partial charge in [-0.2, -0.15) is 0 Å². The van der Waals surface area contributed by atoms with E-state index in [4.69, 9.17) is 0 Å². The number of benzene rings is 1. The van der Waals surface area contributed by atoms with Crippen molar-refractivity contribution in [3.8, 4) is 27.6 Å². The van der Waals surface area contributed by atoms with Crippen LogP contribution in [0.3, 0.4) is 0 Å². The summed E-state index contributed by atoms with van der Waals surface area (Å²) in [6, 6.07) is 10.9. The minimum atomic E-state index is 0.220. The van der Waals surface area contributed by atoms with Crippen molar-refractivity contribution in [1.29, 1.82) is 0 Å². The van der Waals surface area contributed by atoms with Gasteiger partial charge in [0, 0.05) is 41.9 Å². The van der Waals surface area contributed by atoms with Crippen LogP contribution in [-0.2, 0) is 13.0 Å². The number of aromatic hydroxyl groups is 1. The first-order valence-electron chi connectivity index (χ1n) is 7.82. The normalized spacial score (nSPS) is 10.9. The molecule has 6 nitrogen and oxygen atoms in total. The number of nitrogens with zero attached hydrogens (tertiary/aromatic N) is 5. The maximum Gasteiger partial charge on any atom is 0.125 e. The predicted octanol–water partition coefficient (Wildman–Crippen LogP) is 3.41. The molecule has 0 aliphatic carbocycles. The maximum absolute atomic E-state index is 9.56. The fourth-order valence-electron chi connectivity index (χ4n) is 2.48. The van der Waals surface area contributed by atoms with E-state index in [2.05, 4.69) is 25.7 Å². The van der Waals surface area contributed by atoms with Gasteiger partial charge in [-0.3, -0.25) is 9.67 Å². The molecule has 0 radical (unpaired) electrons. The summed E-state index contributed by atoms with van der Waals surface area (Å²) in [5, 5.41) is 20.9. The Labute approximate surface area is 148 Å². The van der Waals surface area contributed by atoms with E-state index in [9.17, 15) is 5.11 Å². The van der Waals surface area contributed by atoms with E-state index in [1.54, 1.807) is 40.4 Å². The predicted molar refractivity (Wildman–Crippen MR) is 96.2 cm³/mol. The van der Waals surface area contributed by atoms with Crippen LogP contribution >= 0.6 is 11.3 Å². The molecule has 1 N–H and O–H groups in total. The molecule has 0 atom stereocenters. The van der Waals surface area contributed by atoms with E-state index in [0.717, 1.165) is 33.9 Å². The number of hydrogen-bond acceptors (Lipinski definition) is 6. The van der Waals surface area contributed by atoms with Gasteiger partial charge in [-0.25, -0.2) is 4.98 Å². The molecule has 0 aliphatic heterocycles. The average Bonchev–Trinajstić information content (AvgIpc) is 3.30. The Bertz CT molecular complexity index is 980. The van der Waals surface area contributed by atoms with Crippen LogP contribution in [0.2, 0.25) is 0 Å². The summed E-state index contributed by atoms with van der Waals surface area (Å²) in [6.45, 7) is 0.696. The second-order valence-electron chi connectivity index (χ2n) is 5.55. The van der Waals surface area contributed by atoms with Gasteiger partial charge in [0.15, 0.2) is 0 Å². The van der Waals surface area contributed by atoms with Gasteiger partial charge in [-0.1, -0.05) is 17.3 Å². The number of phenols is 1. The SMILES string of the molecule is Oc1cccc(-c2cn(CCc3csc(-c4cccnc4)n3)nn2)c1. The molecule has 0 amide bonds. The van der Waals surface area contributed by atoms with Crippen molar-refractivity contribution >= 4 is 11.3 Å². The van der Waals surface area contributed by atoms with Crippen LogP contribution in [-0.4, -0.2) is 30.1 Å². The van der Waals surface area contributed by atoms with Crippen molar-refractivity contribution in [3.05, 3.63) is 66.1 Å². The fourth-order valence-corrected chi connectivity index (χ4v) is 3.32. The summed E-state index contributed by atoms with van der Waals surface area (Å²) < 4.78 is 1.79. The molecule has 4 aromatic rings. The van der Waals surface area contributed by atoms with E-state index in [1.807, 2.05) is 30.6 Å². The fraction of sp³-hybridized carbons (Fsp3) is 0.111. The van der Waals surface area contributed by atoms with Gasteiger partial charge in [0.25, 0.3) is 0 Å². The molecule has 3 aromatic heterocycles. The minimum Gasteiger partial charge on any atom is -0.508 e. The van der Waals surface area contributed by atoms with Crippen LogP contribution in [0.15, 0.2) is 60.4 Å². The lowest BCUT2D eigenvalue weighted by Gasteiger charge is -1.98. The number of rotatable bonds is 5. The van der Waals surface area contributed by atoms with E-state index < -0.39 is 0 Å². The molecule has 0 fully saturated rings. The molecule has 0 bridgehead atoms. The van der Waals surface area contributed by atoms with Crippen LogP contribution in [0.25, 0.3) is 21.8 Å². The number of hydrogen-bond donors (Lipinski definition) is 1. The third-order valence-electron chi connectivity index (χ3n) is 3.74. The molecule has 0 saturated heterocycles. The lowest BCUT2D eigenvalue weighted by atomic mass is 10.1. The zero-order valence-electron chi connectivity index (χ0n) is 13.3. The Kier molecular flexibility index (Phi) is 4.22. The summed E-state index contributed by atoms with van der Waals surface area (Å²) in [6.07, 6.45) is 6.23. The minimum absolute atomic E-state index is 0.220. The summed E-state index contributed by atoms with van der Waals surface area (Å²) in [5.41, 5.74) is 3.65. The summed E-state index contributed by atoms with van der Waals surface area (Å²) in [4.78, 5) is 8.78. The molecule has 3 heterocycles. The molecular weight excluding hydrogens is 334 g/mol. The largest absolute Gasteiger partial charge is 0.508 e. The zero-order chi connectivity index (χ0) is 17.1. The van der Waals surface area contributed by atoms with Gasteiger partial charge in [-0.15, -0.1) is 16.4 Å². The lowest BCUT2D eigenvalue weighted by Crippen LogP contribution is -2.02. The highest BCUT2D eigenvalue weighted by Crippen LogP contribution is 2.23. The Morgan fingerprint density at radius 1 is 1.12 bits per heavy atom. The topological polar surface area (TPSA) is 76.7 Å². The number of phenolic OH excluding ortho intramolecular Hbond substituents is 1. The van der Waals surface area contributed by atoms with E-state index in [-0.39, 0.29) is 5.75 Å². The quantitative estimate of drug-likeness (QED) is 0.597. The Hall–Kier alpha value is -3.06. The van der Waals surface area contributed by atoms with Gasteiger partial charge >= 0.3 is 0 Å². The number of thiazole rings is 1. The van der Waals surface area contributed by atoms with Crippen molar-refractivity contribution < 1.29 is 5.11 Å². The Morgan fingerprint density at radius 3 is 2.88 bits per heavy atom. The molecule has 0 spiro atoms. The molecule has 4 rings (SSSR count). The highest BCUT2D eigenvalue weighted by Gasteiger charge is 2.07. The van der Waals surface area contributed by atoms with Gasteiger partial charge in [0.05, 0.1) is 11.9 Å². The Morgan fingerprint density at radius 2 is 2.04 bits per heavy atom. The van der Waals surface area contributed by atoms with Gasteiger partial charge in [0.1, 0.15) is 16.5 Å². The van der Waals surface area contributed by atoms with Gasteiger partial charge < -0.3 is 5.11 Å². The smallest absolute Gasteiger partial charge is 0.125 e. The van der Waals surface area contributed by atoms with Crippen LogP contribution in [0.5, 0.6) is 5.75 Å². The van der Waals surface area contributed by atoms with Crippen molar-refractivity contribution in [2.24, 2.45) is 0 Å². The van der Waals surface area contributed by atoms with E-state index >= 15 is 0 Å². The van der Waals surface area contributed by atoms with Crippen LogP contribution in [0.1, 0.15) is 5.69 Å². The van der Waals surface area contributed by atoms with Crippen molar-refractivity contribution in [3.63, 3.8) is 0 Å². The summed E-state index contributed by atoms with van der Waals surface area (Å²) in [7, 11) is 0. The van der Waals surface area contributed by atoms with Crippen molar-refractivity contribution in [2.75, 3.05) is 0 Å². The van der Waals surface area contributed by atoms with Crippen LogP contribution in [0.4, 0.5) is 0 Å². The third kappa shape index (κ3) is 3.56. The molecule has 1 aromatic carbocycles. The lowest BCUT2D eigenvalue weighted by molar-refractivity contribution is 0.475. The van der Waals surface area contributed by atoms with E-state index in [1.165, 1.54) is 0 Å². The molecule has 124 valence electrons. The molecule has 7 heteroatoms. The zero-order valence-corrected chi connectivity index (χ0v) is 14.1. The summed E-state index contributed by atoms with van der Waals surface area (Å²) in [5.74, 6) is 0.220. The first-order valence-corrected chi connectivity index (χ1v) is 8.70. The van der Waals surface area contributed by atoms with Crippen LogP contribution < -0.4 is 0 Å². The maximum atomic E-state index is 9.56. The number of aryl methyl sites for hydroxylation is 2. The Balaban J connectivity index is 1.43. The highest BCUT2D eigenvalue weighted by molar-refractivity contribution is 7.13. The molecular formula is C18H15N5OS. The highest BCUT2D eigenvalue weighted by atomic mass is 32.1. The van der Waals surface area contributed by atoms with E-state index in [0.29, 0.717) is 6.54 Å². The monoisotopic (exact) mass is 349 g/mol. The second-order valence-corrected chi connectivity index (χ2v) is 6.41. The summed E-state index contributed by atoms with van der Waals surface area (Å²) >= 11 is 1.62. The number of pyridine rings is 1. The first-order chi connectivity index (χ1) is 12.3. The van der Waals surface area contributed by atoms with Crippen LogP contribution in [0, 0.1) is 0 Å². The number of aromatic nitrogens is 5. The molecule has 25 heavy (non-hydrogen) atoms. The molecule has 0 unspecified atom stereocenters. The average molecular weight is 349 g/mol. The van der Waals surface area contributed by atoms with Gasteiger partial charge in [0.2, 0.25) is 0 Å². The standard InChI is InChI=1S/C18H15N5OS/c24-16-5-1-3-13(9-16)17-11-23(22-21-17)8-6-15-12-25-18(20-15)14-4-2-7-19-10-14/h1-5,7,9-12,24H,6,8H2. The van der Waals surface area contributed by atoms with Crippen molar-refractivity contribution in [1.82, 2.24) is 25.0 Å². The second kappa shape index (κ2) is 6.82. The molecule has 0 saturated carbocycles.